The summed E-state index contributed by atoms with van der Waals surface area (Å²) in [6, 6.07) is 13.4. The van der Waals surface area contributed by atoms with E-state index >= 15 is 0 Å². The minimum atomic E-state index is -4.56. The Labute approximate surface area is 255 Å². The third-order valence-electron chi connectivity index (χ3n) is 7.19. The highest BCUT2D eigenvalue weighted by Crippen LogP contribution is 2.30. The highest BCUT2D eigenvalue weighted by atomic mass is 19.4. The second-order valence-corrected chi connectivity index (χ2v) is 10.5. The maximum Gasteiger partial charge on any atom is 0.407 e. The average molecular weight is 639 g/mol. The molecule has 8 nitrogen and oxygen atoms in total. The van der Waals surface area contributed by atoms with E-state index in [9.17, 15) is 35.9 Å². The minimum Gasteiger partial charge on any atom is -0.448 e. The van der Waals surface area contributed by atoms with Gasteiger partial charge in [0.2, 0.25) is 5.91 Å². The van der Waals surface area contributed by atoms with Gasteiger partial charge in [-0.1, -0.05) is 30.3 Å². The van der Waals surface area contributed by atoms with Crippen LogP contribution in [0, 0.1) is 17.5 Å². The van der Waals surface area contributed by atoms with Crippen LogP contribution < -0.4 is 21.7 Å². The number of nitrogens with one attached hydrogen (secondary N) is 3. The molecular weight excluding hydrogens is 606 g/mol. The van der Waals surface area contributed by atoms with E-state index in [1.54, 1.807) is 17.4 Å². The lowest BCUT2D eigenvalue weighted by molar-refractivity contribution is -0.124. The molecule has 45 heavy (non-hydrogen) atoms. The number of benzene rings is 3. The minimum absolute atomic E-state index is 0.0918. The molecule has 0 unspecified atom stereocenters. The summed E-state index contributed by atoms with van der Waals surface area (Å²) >= 11 is 0. The van der Waals surface area contributed by atoms with E-state index in [0.717, 1.165) is 0 Å². The van der Waals surface area contributed by atoms with Crippen molar-refractivity contribution in [1.29, 1.82) is 0 Å². The number of amides is 2. The Hall–Kier alpha value is -4.14. The molecule has 0 saturated carbocycles. The van der Waals surface area contributed by atoms with Crippen LogP contribution in [0.25, 0.3) is 0 Å². The van der Waals surface area contributed by atoms with Gasteiger partial charge in [-0.3, -0.25) is 4.79 Å². The molecule has 1 saturated heterocycles. The predicted octanol–water partition coefficient (Wildman–Crippen LogP) is 4.78. The van der Waals surface area contributed by atoms with Crippen LogP contribution >= 0.6 is 0 Å². The Balaban J connectivity index is 1.36. The van der Waals surface area contributed by atoms with E-state index < -0.39 is 60.2 Å². The maximum absolute atomic E-state index is 15.0. The van der Waals surface area contributed by atoms with Crippen molar-refractivity contribution in [3.05, 3.63) is 101 Å². The quantitative estimate of drug-likeness (QED) is 0.225. The summed E-state index contributed by atoms with van der Waals surface area (Å²) in [4.78, 5) is 24.8. The summed E-state index contributed by atoms with van der Waals surface area (Å²) in [6.45, 7) is -1.34. The zero-order chi connectivity index (χ0) is 32.6. The Morgan fingerprint density at radius 1 is 1.00 bits per heavy atom. The van der Waals surface area contributed by atoms with Crippen molar-refractivity contribution in [1.82, 2.24) is 10.6 Å². The van der Waals surface area contributed by atoms with Crippen LogP contribution in [-0.2, 0) is 20.7 Å². The number of hydrogen-bond acceptors (Lipinski definition) is 6. The molecule has 4 rings (SSSR count). The molecule has 1 aliphatic heterocycles. The van der Waals surface area contributed by atoms with E-state index in [2.05, 4.69) is 10.6 Å². The number of alkyl carbamates (subject to hydrolysis) is 1. The molecule has 1 fully saturated rings. The molecule has 3 aromatic carbocycles. The normalized spacial score (nSPS) is 17.5. The molecule has 1 aliphatic rings. The third-order valence-corrected chi connectivity index (χ3v) is 7.19. The number of halogens is 6. The van der Waals surface area contributed by atoms with Crippen molar-refractivity contribution in [3.63, 3.8) is 0 Å². The van der Waals surface area contributed by atoms with Gasteiger partial charge in [0.15, 0.2) is 0 Å². The number of carbonyl (C=O) groups is 2. The molecule has 2 amide bonds. The van der Waals surface area contributed by atoms with Gasteiger partial charge in [0.1, 0.15) is 30.6 Å². The highest BCUT2D eigenvalue weighted by Gasteiger charge is 2.30. The Morgan fingerprint density at radius 2 is 1.64 bits per heavy atom. The first-order valence-corrected chi connectivity index (χ1v) is 14.1. The largest absolute Gasteiger partial charge is 0.448 e. The number of hydrogen-bond donors (Lipinski definition) is 4. The Bertz CT molecular complexity index is 1420. The van der Waals surface area contributed by atoms with Gasteiger partial charge in [-0.2, -0.15) is 13.2 Å². The van der Waals surface area contributed by atoms with Crippen molar-refractivity contribution in [2.45, 2.75) is 43.1 Å². The van der Waals surface area contributed by atoms with Gasteiger partial charge in [-0.15, -0.1) is 0 Å². The van der Waals surface area contributed by atoms with Gasteiger partial charge in [0, 0.05) is 23.7 Å². The lowest BCUT2D eigenvalue weighted by atomic mass is 9.84. The van der Waals surface area contributed by atoms with Crippen LogP contribution in [0.2, 0.25) is 0 Å². The van der Waals surface area contributed by atoms with Gasteiger partial charge in [0.05, 0.1) is 24.8 Å². The number of carbonyl (C=O) groups excluding carboxylic acids is 2. The van der Waals surface area contributed by atoms with Crippen LogP contribution in [0.1, 0.15) is 29.0 Å². The molecule has 1 heterocycles. The molecule has 3 aromatic rings. The molecule has 0 spiro atoms. The van der Waals surface area contributed by atoms with Crippen molar-refractivity contribution in [3.8, 4) is 0 Å². The van der Waals surface area contributed by atoms with E-state index in [0.29, 0.717) is 24.1 Å². The number of ether oxygens (including phenoxy) is 2. The van der Waals surface area contributed by atoms with Crippen LogP contribution in [0.3, 0.4) is 0 Å². The van der Waals surface area contributed by atoms with E-state index in [1.807, 2.05) is 0 Å². The Morgan fingerprint density at radius 3 is 2.22 bits per heavy atom. The monoisotopic (exact) mass is 638 g/mol. The fraction of sp³-hybridized carbons (Fsp3) is 0.355. The summed E-state index contributed by atoms with van der Waals surface area (Å²) in [7, 11) is 0. The summed E-state index contributed by atoms with van der Waals surface area (Å²) in [6.07, 6.45) is -5.65. The van der Waals surface area contributed by atoms with Gasteiger partial charge >= 0.3 is 12.3 Å². The average Bonchev–Trinajstić information content (AvgIpc) is 2.99. The number of nitrogens with two attached hydrogens (primary N) is 1. The molecule has 0 bridgehead atoms. The molecule has 0 radical (unpaired) electrons. The van der Waals surface area contributed by atoms with Crippen molar-refractivity contribution in [2.75, 3.05) is 31.6 Å². The van der Waals surface area contributed by atoms with Crippen molar-refractivity contribution < 1.29 is 45.4 Å². The van der Waals surface area contributed by atoms with Crippen molar-refractivity contribution >= 4 is 17.7 Å². The molecular formula is C31H32F6N4O4. The standard InChI is InChI=1S/C31H32F6N4O4/c32-20-6-1-4-18(12-20)27(19-5-2-7-21(33)13-19)28(38)29(42)41-26-9-3-8-25(34)24(26)11-10-23-14-39-22(15-44-23)16-45-30(43)40-17-31(35,36)37/h1-9,12-13,22-23,27-28,39H,10-11,14-17,38H2,(H,40,43)(H,41,42)/t22-,23+,28-/m0/s1. The number of morpholine rings is 1. The first-order valence-electron chi connectivity index (χ1n) is 14.1. The fourth-order valence-corrected chi connectivity index (χ4v) is 4.97. The third kappa shape index (κ3) is 9.93. The second kappa shape index (κ2) is 15.2. The lowest BCUT2D eigenvalue weighted by Gasteiger charge is -2.30. The second-order valence-electron chi connectivity index (χ2n) is 10.5. The maximum atomic E-state index is 15.0. The van der Waals surface area contributed by atoms with Crippen LogP contribution in [0.15, 0.2) is 66.7 Å². The molecule has 5 N–H and O–H groups in total. The van der Waals surface area contributed by atoms with Crippen LogP contribution in [0.5, 0.6) is 0 Å². The molecule has 0 aliphatic carbocycles. The molecule has 242 valence electrons. The number of alkyl halides is 3. The van der Waals surface area contributed by atoms with E-state index in [-0.39, 0.29) is 37.0 Å². The smallest absolute Gasteiger partial charge is 0.407 e. The van der Waals surface area contributed by atoms with Gasteiger partial charge < -0.3 is 31.2 Å². The fourth-order valence-electron chi connectivity index (χ4n) is 4.97. The SMILES string of the molecule is N[C@H](C(=O)Nc1cccc(F)c1CC[C@@H]1CN[C@H](COC(=O)NCC(F)(F)F)CO1)C(c1cccc(F)c1)c1cccc(F)c1. The van der Waals surface area contributed by atoms with Crippen molar-refractivity contribution in [2.24, 2.45) is 5.73 Å². The summed E-state index contributed by atoms with van der Waals surface area (Å²) in [5.74, 6) is -3.30. The first kappa shape index (κ1) is 33.7. The van der Waals surface area contributed by atoms with E-state index in [1.165, 1.54) is 54.6 Å². The summed E-state index contributed by atoms with van der Waals surface area (Å²) < 4.78 is 90.3. The molecule has 14 heteroatoms. The summed E-state index contributed by atoms with van der Waals surface area (Å²) in [5, 5.41) is 7.35. The molecule has 0 aromatic heterocycles. The van der Waals surface area contributed by atoms with E-state index in [4.69, 9.17) is 15.2 Å². The van der Waals surface area contributed by atoms with Gasteiger partial charge in [0.25, 0.3) is 0 Å². The van der Waals surface area contributed by atoms with Crippen LogP contribution in [-0.4, -0.2) is 62.7 Å². The molecule has 3 atom stereocenters. The van der Waals surface area contributed by atoms with Gasteiger partial charge in [-0.05, 0) is 60.4 Å². The first-order chi connectivity index (χ1) is 21.4. The van der Waals surface area contributed by atoms with Gasteiger partial charge in [-0.25, -0.2) is 18.0 Å². The summed E-state index contributed by atoms with van der Waals surface area (Å²) in [5.41, 5.74) is 7.46. The highest BCUT2D eigenvalue weighted by molar-refractivity contribution is 5.96. The lowest BCUT2D eigenvalue weighted by Crippen LogP contribution is -2.49. The number of anilines is 1. The number of rotatable bonds is 11. The zero-order valence-corrected chi connectivity index (χ0v) is 23.9. The Kier molecular flexibility index (Phi) is 11.4. The topological polar surface area (TPSA) is 115 Å². The zero-order valence-electron chi connectivity index (χ0n) is 23.9. The predicted molar refractivity (Wildman–Crippen MR) is 153 cm³/mol. The van der Waals surface area contributed by atoms with Crippen LogP contribution in [0.4, 0.5) is 36.8 Å².